The molecule has 0 bridgehead atoms. The minimum Gasteiger partial charge on any atom is -0.457 e. The molecule has 4 aromatic carbocycles. The second kappa shape index (κ2) is 14.4. The van der Waals surface area contributed by atoms with Gasteiger partial charge in [-0.1, -0.05) is 52.0 Å². The predicted octanol–water partition coefficient (Wildman–Crippen LogP) is 11.2. The fourth-order valence-corrected chi connectivity index (χ4v) is 6.39. The lowest BCUT2D eigenvalue weighted by molar-refractivity contribution is 0.448. The van der Waals surface area contributed by atoms with Crippen molar-refractivity contribution in [1.82, 2.24) is 29.5 Å². The summed E-state index contributed by atoms with van der Waals surface area (Å²) in [5.41, 5.74) is 4.06. The first-order valence-electron chi connectivity index (χ1n) is 17.4. The third-order valence-electron chi connectivity index (χ3n) is 8.70. The van der Waals surface area contributed by atoms with E-state index in [-0.39, 0.29) is 11.8 Å². The first-order chi connectivity index (χ1) is 25.9. The Bertz CT molecular complexity index is 2370. The molecule has 0 aliphatic rings. The van der Waals surface area contributed by atoms with Gasteiger partial charge in [0, 0.05) is 59.6 Å². The Hall–Kier alpha value is -6.81. The summed E-state index contributed by atoms with van der Waals surface area (Å²) >= 11 is 0. The third kappa shape index (κ3) is 7.07. The summed E-state index contributed by atoms with van der Waals surface area (Å²) in [6.45, 7) is 8.77. The van der Waals surface area contributed by atoms with Crippen molar-refractivity contribution in [2.24, 2.45) is 0 Å². The van der Waals surface area contributed by atoms with Gasteiger partial charge in [0.25, 0.3) is 0 Å². The first kappa shape index (κ1) is 33.3. The molecule has 8 aromatic rings. The van der Waals surface area contributed by atoms with Gasteiger partial charge in [0.2, 0.25) is 17.7 Å². The summed E-state index contributed by atoms with van der Waals surface area (Å²) in [7, 11) is 0. The molecular weight excluding hydrogens is 665 g/mol. The van der Waals surface area contributed by atoms with E-state index >= 15 is 0 Å². The normalized spacial score (nSPS) is 11.4. The molecule has 0 fully saturated rings. The molecule has 53 heavy (non-hydrogen) atoms. The Morgan fingerprint density at radius 1 is 0.453 bits per heavy atom. The molecule has 0 saturated heterocycles. The Kier molecular flexibility index (Phi) is 9.08. The van der Waals surface area contributed by atoms with Crippen LogP contribution in [0.15, 0.2) is 134 Å². The van der Waals surface area contributed by atoms with Gasteiger partial charge in [-0.05, 0) is 71.5 Å². The first-order valence-corrected chi connectivity index (χ1v) is 17.4. The monoisotopic (exact) mass is 700 g/mol. The largest absolute Gasteiger partial charge is 0.457 e. The molecule has 0 atom stereocenters. The Morgan fingerprint density at radius 3 is 1.32 bits per heavy atom. The average molecular weight is 701 g/mol. The number of ether oxygens (including phenoxy) is 4. The summed E-state index contributed by atoms with van der Waals surface area (Å²) < 4.78 is 27.2. The summed E-state index contributed by atoms with van der Waals surface area (Å²) in [5.74, 6) is 5.65. The van der Waals surface area contributed by atoms with Gasteiger partial charge in [-0.3, -0.25) is 4.57 Å². The topological polar surface area (TPSA) is 106 Å². The summed E-state index contributed by atoms with van der Waals surface area (Å²) in [5, 5.41) is 2.21. The van der Waals surface area contributed by atoms with Gasteiger partial charge < -0.3 is 18.9 Å². The maximum absolute atomic E-state index is 6.57. The predicted molar refractivity (Wildman–Crippen MR) is 204 cm³/mol. The number of rotatable bonds is 11. The van der Waals surface area contributed by atoms with Crippen LogP contribution in [0.25, 0.3) is 27.8 Å². The van der Waals surface area contributed by atoms with E-state index in [9.17, 15) is 0 Å². The van der Waals surface area contributed by atoms with Gasteiger partial charge in [0.1, 0.15) is 47.2 Å². The van der Waals surface area contributed by atoms with Crippen LogP contribution in [0.5, 0.6) is 46.3 Å². The van der Waals surface area contributed by atoms with E-state index in [1.807, 2.05) is 97.1 Å². The van der Waals surface area contributed by atoms with Crippen LogP contribution in [0, 0.1) is 0 Å². The Labute approximate surface area is 306 Å². The zero-order valence-corrected chi connectivity index (χ0v) is 29.7. The van der Waals surface area contributed by atoms with Gasteiger partial charge in [-0.15, -0.1) is 0 Å². The zero-order chi connectivity index (χ0) is 36.3. The number of benzene rings is 4. The highest BCUT2D eigenvalue weighted by Crippen LogP contribution is 2.45. The standard InChI is InChI=1S/C43H36N6O4/c1-27(2)35-21-33(50-29-11-9-13-31(19-29)52-39-15-5-7-17-45-39)23-37-41(35)42-36(28(3)4)22-34(24-38(42)49(37)43-47-25-44-26-48-43)51-30-12-10-14-32(20-30)53-40-16-6-8-18-46-40/h5-28H,1-4H3. The van der Waals surface area contributed by atoms with Gasteiger partial charge in [-0.2, -0.15) is 0 Å². The van der Waals surface area contributed by atoms with Crippen LogP contribution in [0.3, 0.4) is 0 Å². The minimum atomic E-state index is 0.162. The molecule has 0 radical (unpaired) electrons. The highest BCUT2D eigenvalue weighted by molar-refractivity contribution is 6.13. The molecule has 0 aliphatic heterocycles. The molecule has 0 saturated carbocycles. The highest BCUT2D eigenvalue weighted by Gasteiger charge is 2.24. The van der Waals surface area contributed by atoms with Crippen molar-refractivity contribution in [2.75, 3.05) is 0 Å². The SMILES string of the molecule is CC(C)c1cc(Oc2cccc(Oc3ccccn3)c2)cc2c1c1c(C(C)C)cc(Oc3cccc(Oc4ccccn4)c3)cc1n2-c1ncncn1. The van der Waals surface area contributed by atoms with Gasteiger partial charge >= 0.3 is 0 Å². The number of hydrogen-bond acceptors (Lipinski definition) is 9. The molecule has 0 spiro atoms. The van der Waals surface area contributed by atoms with Crippen LogP contribution in [0.4, 0.5) is 0 Å². The van der Waals surface area contributed by atoms with E-state index in [2.05, 4.69) is 69.3 Å². The number of aromatic nitrogens is 6. The maximum atomic E-state index is 6.57. The van der Waals surface area contributed by atoms with E-state index in [1.165, 1.54) is 12.7 Å². The number of hydrogen-bond donors (Lipinski definition) is 0. The average Bonchev–Trinajstić information content (AvgIpc) is 3.49. The summed E-state index contributed by atoms with van der Waals surface area (Å²) in [6, 6.07) is 34.5. The molecule has 10 heteroatoms. The fourth-order valence-electron chi connectivity index (χ4n) is 6.39. The van der Waals surface area contributed by atoms with Gasteiger partial charge in [0.05, 0.1) is 11.0 Å². The van der Waals surface area contributed by atoms with Crippen molar-refractivity contribution < 1.29 is 18.9 Å². The lowest BCUT2D eigenvalue weighted by atomic mass is 9.92. The van der Waals surface area contributed by atoms with Crippen LogP contribution >= 0.6 is 0 Å². The molecule has 4 aromatic heterocycles. The van der Waals surface area contributed by atoms with Crippen molar-refractivity contribution in [2.45, 2.75) is 39.5 Å². The van der Waals surface area contributed by atoms with Gasteiger partial charge in [0.15, 0.2) is 0 Å². The van der Waals surface area contributed by atoms with E-state index in [4.69, 9.17) is 18.9 Å². The summed E-state index contributed by atoms with van der Waals surface area (Å²) in [4.78, 5) is 21.9. The van der Waals surface area contributed by atoms with E-state index in [0.29, 0.717) is 52.2 Å². The molecule has 262 valence electrons. The molecule has 0 unspecified atom stereocenters. The van der Waals surface area contributed by atoms with Crippen molar-refractivity contribution in [3.05, 3.63) is 145 Å². The van der Waals surface area contributed by atoms with Crippen molar-refractivity contribution in [3.8, 4) is 52.2 Å². The third-order valence-corrected chi connectivity index (χ3v) is 8.70. The van der Waals surface area contributed by atoms with E-state index in [1.54, 1.807) is 12.4 Å². The maximum Gasteiger partial charge on any atom is 0.237 e. The zero-order valence-electron chi connectivity index (χ0n) is 29.7. The second-order valence-electron chi connectivity index (χ2n) is 13.1. The lowest BCUT2D eigenvalue weighted by Crippen LogP contribution is -2.02. The number of pyridine rings is 2. The van der Waals surface area contributed by atoms with Crippen molar-refractivity contribution in [1.29, 1.82) is 0 Å². The molecule has 10 nitrogen and oxygen atoms in total. The quantitative estimate of drug-likeness (QED) is 0.130. The number of nitrogens with zero attached hydrogens (tertiary/aromatic N) is 6. The molecular formula is C43H36N6O4. The van der Waals surface area contributed by atoms with Crippen LogP contribution in [0.1, 0.15) is 50.7 Å². The molecule has 0 N–H and O–H groups in total. The van der Waals surface area contributed by atoms with Crippen molar-refractivity contribution >= 4 is 21.8 Å². The van der Waals surface area contributed by atoms with E-state index < -0.39 is 0 Å². The van der Waals surface area contributed by atoms with Crippen LogP contribution in [-0.2, 0) is 0 Å². The minimum absolute atomic E-state index is 0.162. The van der Waals surface area contributed by atoms with Crippen LogP contribution in [0.2, 0.25) is 0 Å². The Balaban J connectivity index is 1.26. The summed E-state index contributed by atoms with van der Waals surface area (Å²) in [6.07, 6.45) is 6.41. The highest BCUT2D eigenvalue weighted by atomic mass is 16.5. The molecule has 8 rings (SSSR count). The van der Waals surface area contributed by atoms with Crippen molar-refractivity contribution in [3.63, 3.8) is 0 Å². The molecule has 4 heterocycles. The van der Waals surface area contributed by atoms with Gasteiger partial charge in [-0.25, -0.2) is 24.9 Å². The Morgan fingerprint density at radius 2 is 0.906 bits per heavy atom. The number of fused-ring (bicyclic) bond motifs is 3. The van der Waals surface area contributed by atoms with Crippen LogP contribution < -0.4 is 18.9 Å². The second-order valence-corrected chi connectivity index (χ2v) is 13.1. The smallest absolute Gasteiger partial charge is 0.237 e. The van der Waals surface area contributed by atoms with E-state index in [0.717, 1.165) is 32.9 Å². The van der Waals surface area contributed by atoms with Crippen LogP contribution in [-0.4, -0.2) is 29.5 Å². The molecule has 0 aliphatic carbocycles. The fraction of sp³-hybridized carbons (Fsp3) is 0.140. The lowest BCUT2D eigenvalue weighted by Gasteiger charge is -2.15. The molecule has 0 amide bonds.